The Kier molecular flexibility index (Phi) is 8.60. The molecule has 1 aliphatic rings. The molecule has 0 aliphatic carbocycles. The Hall–Kier alpha value is -0.890. The smallest absolute Gasteiger partial charge is 0.193 e. The number of nitrogens with one attached hydrogen (secondary N) is 1. The highest BCUT2D eigenvalue weighted by Crippen LogP contribution is 2.13. The zero-order valence-corrected chi connectivity index (χ0v) is 15.1. The number of hydrogen-bond donors (Lipinski definition) is 1. The molecule has 1 saturated heterocycles. The quantitative estimate of drug-likeness (QED) is 0.462. The van der Waals surface area contributed by atoms with E-state index < -0.39 is 0 Å². The van der Waals surface area contributed by atoms with Crippen LogP contribution in [0.4, 0.5) is 0 Å². The second-order valence-corrected chi connectivity index (χ2v) is 5.16. The van der Waals surface area contributed by atoms with E-state index in [1.807, 2.05) is 31.4 Å². The van der Waals surface area contributed by atoms with Crippen LogP contribution in [0.2, 0.25) is 0 Å². The molecule has 1 atom stereocenters. The second kappa shape index (κ2) is 9.94. The summed E-state index contributed by atoms with van der Waals surface area (Å²) in [6, 6.07) is 6.00. The Morgan fingerprint density at radius 1 is 1.52 bits per heavy atom. The first-order chi connectivity index (χ1) is 9.79. The highest BCUT2D eigenvalue weighted by molar-refractivity contribution is 14.0. The van der Waals surface area contributed by atoms with Gasteiger partial charge in [-0.05, 0) is 18.6 Å². The molecule has 0 spiro atoms. The van der Waals surface area contributed by atoms with Gasteiger partial charge in [0.05, 0.1) is 6.61 Å². The van der Waals surface area contributed by atoms with Crippen molar-refractivity contribution >= 4 is 29.9 Å². The largest absolute Gasteiger partial charge is 0.381 e. The summed E-state index contributed by atoms with van der Waals surface area (Å²) in [4.78, 5) is 10.8. The molecule has 0 amide bonds. The third-order valence-electron chi connectivity index (χ3n) is 3.52. The average Bonchev–Trinajstić information content (AvgIpc) is 2.97. The maximum absolute atomic E-state index is 5.42. The van der Waals surface area contributed by atoms with Gasteiger partial charge in [-0.2, -0.15) is 0 Å². The summed E-state index contributed by atoms with van der Waals surface area (Å²) in [5.74, 6) is 1.56. The summed E-state index contributed by atoms with van der Waals surface area (Å²) >= 11 is 0. The number of aliphatic imine (C=N–C) groups is 1. The fraction of sp³-hybridized carbons (Fsp3) is 0.600. The van der Waals surface area contributed by atoms with Gasteiger partial charge in [-0.25, -0.2) is 0 Å². The Bertz CT molecular complexity index is 421. The number of halogens is 1. The van der Waals surface area contributed by atoms with E-state index in [9.17, 15) is 0 Å². The van der Waals surface area contributed by atoms with E-state index in [1.54, 1.807) is 0 Å². The fourth-order valence-corrected chi connectivity index (χ4v) is 2.43. The van der Waals surface area contributed by atoms with Crippen LogP contribution in [0.5, 0.6) is 0 Å². The molecule has 1 aromatic rings. The third-order valence-corrected chi connectivity index (χ3v) is 3.52. The zero-order valence-electron chi connectivity index (χ0n) is 12.8. The van der Waals surface area contributed by atoms with Crippen LogP contribution in [0.3, 0.4) is 0 Å². The molecule has 118 valence electrons. The van der Waals surface area contributed by atoms with Crippen LogP contribution in [0.15, 0.2) is 29.4 Å². The van der Waals surface area contributed by atoms with E-state index in [-0.39, 0.29) is 24.0 Å². The SMILES string of the molecule is CN=C(NCCc1ccccn1)N(C)CC1CCOC1.I. The van der Waals surface area contributed by atoms with Crippen LogP contribution >= 0.6 is 24.0 Å². The summed E-state index contributed by atoms with van der Waals surface area (Å²) < 4.78 is 5.42. The van der Waals surface area contributed by atoms with Gasteiger partial charge in [-0.15, -0.1) is 24.0 Å². The van der Waals surface area contributed by atoms with Crippen LogP contribution in [-0.4, -0.2) is 56.2 Å². The van der Waals surface area contributed by atoms with Crippen LogP contribution in [0.1, 0.15) is 12.1 Å². The summed E-state index contributed by atoms with van der Waals surface area (Å²) in [5.41, 5.74) is 1.10. The monoisotopic (exact) mass is 404 g/mol. The van der Waals surface area contributed by atoms with Crippen molar-refractivity contribution in [2.75, 3.05) is 40.4 Å². The van der Waals surface area contributed by atoms with Gasteiger partial charge in [0.2, 0.25) is 0 Å². The Balaban J connectivity index is 0.00000220. The normalized spacial score (nSPS) is 18.2. The highest BCUT2D eigenvalue weighted by atomic mass is 127. The van der Waals surface area contributed by atoms with Gasteiger partial charge in [0, 0.05) is 58.0 Å². The van der Waals surface area contributed by atoms with Crippen LogP contribution in [0, 0.1) is 5.92 Å². The number of rotatable bonds is 5. The molecule has 0 saturated carbocycles. The summed E-state index contributed by atoms with van der Waals surface area (Å²) in [6.07, 6.45) is 3.88. The number of aromatic nitrogens is 1. The second-order valence-electron chi connectivity index (χ2n) is 5.16. The van der Waals surface area contributed by atoms with E-state index in [4.69, 9.17) is 4.74 Å². The van der Waals surface area contributed by atoms with Crippen molar-refractivity contribution in [2.24, 2.45) is 10.9 Å². The van der Waals surface area contributed by atoms with Gasteiger partial charge >= 0.3 is 0 Å². The Labute approximate surface area is 144 Å². The van der Waals surface area contributed by atoms with Gasteiger partial charge in [0.15, 0.2) is 5.96 Å². The number of hydrogen-bond acceptors (Lipinski definition) is 3. The molecule has 21 heavy (non-hydrogen) atoms. The van der Waals surface area contributed by atoms with Gasteiger partial charge in [0.1, 0.15) is 0 Å². The minimum atomic E-state index is 0. The van der Waals surface area contributed by atoms with Crippen LogP contribution in [0.25, 0.3) is 0 Å². The lowest BCUT2D eigenvalue weighted by molar-refractivity contribution is 0.181. The predicted molar refractivity (Wildman–Crippen MR) is 96.3 cm³/mol. The molecule has 5 nitrogen and oxygen atoms in total. The average molecular weight is 404 g/mol. The molecule has 6 heteroatoms. The standard InChI is InChI=1S/C15H24N4O.HI/c1-16-15(19(2)11-13-7-10-20-12-13)18-9-6-14-5-3-4-8-17-14;/h3-5,8,13H,6-7,9-12H2,1-2H3,(H,16,18);1H. The minimum absolute atomic E-state index is 0. The lowest BCUT2D eigenvalue weighted by Crippen LogP contribution is -2.42. The van der Waals surface area contributed by atoms with Crippen molar-refractivity contribution in [3.05, 3.63) is 30.1 Å². The van der Waals surface area contributed by atoms with E-state index in [2.05, 4.69) is 27.2 Å². The Morgan fingerprint density at radius 2 is 2.38 bits per heavy atom. The maximum atomic E-state index is 5.42. The molecule has 1 fully saturated rings. The summed E-state index contributed by atoms with van der Waals surface area (Å²) in [5, 5.41) is 3.39. The van der Waals surface area contributed by atoms with Crippen molar-refractivity contribution in [1.29, 1.82) is 0 Å². The maximum Gasteiger partial charge on any atom is 0.193 e. The third kappa shape index (κ3) is 6.17. The van der Waals surface area contributed by atoms with E-state index >= 15 is 0 Å². The van der Waals surface area contributed by atoms with Gasteiger partial charge in [0.25, 0.3) is 0 Å². The first-order valence-corrected chi connectivity index (χ1v) is 7.19. The topological polar surface area (TPSA) is 49.8 Å². The minimum Gasteiger partial charge on any atom is -0.381 e. The molecule has 2 rings (SSSR count). The molecule has 0 radical (unpaired) electrons. The number of ether oxygens (including phenoxy) is 1. The zero-order chi connectivity index (χ0) is 14.2. The predicted octanol–water partition coefficient (Wildman–Crippen LogP) is 1.79. The summed E-state index contributed by atoms with van der Waals surface area (Å²) in [7, 11) is 3.90. The lowest BCUT2D eigenvalue weighted by atomic mass is 10.1. The van der Waals surface area contributed by atoms with Gasteiger partial charge < -0.3 is 15.0 Å². The first kappa shape index (κ1) is 18.2. The molecule has 0 aromatic carbocycles. The van der Waals surface area contributed by atoms with Crippen molar-refractivity contribution in [2.45, 2.75) is 12.8 Å². The molecule has 1 unspecified atom stereocenters. The van der Waals surface area contributed by atoms with Crippen molar-refractivity contribution in [3.63, 3.8) is 0 Å². The highest BCUT2D eigenvalue weighted by Gasteiger charge is 2.18. The molecule has 1 aliphatic heterocycles. The molecule has 0 bridgehead atoms. The summed E-state index contributed by atoms with van der Waals surface area (Å²) in [6.45, 7) is 3.60. The van der Waals surface area contributed by atoms with Crippen molar-refractivity contribution < 1.29 is 4.74 Å². The lowest BCUT2D eigenvalue weighted by Gasteiger charge is -2.24. The number of nitrogens with zero attached hydrogens (tertiary/aromatic N) is 3. The Morgan fingerprint density at radius 3 is 3.00 bits per heavy atom. The van der Waals surface area contributed by atoms with Gasteiger partial charge in [-0.1, -0.05) is 6.07 Å². The van der Waals surface area contributed by atoms with E-state index in [1.165, 1.54) is 0 Å². The molecule has 2 heterocycles. The fourth-order valence-electron chi connectivity index (χ4n) is 2.43. The number of guanidine groups is 1. The first-order valence-electron chi connectivity index (χ1n) is 7.19. The van der Waals surface area contributed by atoms with Crippen LogP contribution in [-0.2, 0) is 11.2 Å². The molecular weight excluding hydrogens is 379 g/mol. The number of pyridine rings is 1. The van der Waals surface area contributed by atoms with E-state index in [0.29, 0.717) is 5.92 Å². The van der Waals surface area contributed by atoms with Gasteiger partial charge in [-0.3, -0.25) is 9.98 Å². The molecule has 1 N–H and O–H groups in total. The molecular formula is C15H25IN4O. The molecule has 1 aromatic heterocycles. The van der Waals surface area contributed by atoms with Crippen molar-refractivity contribution in [3.8, 4) is 0 Å². The van der Waals surface area contributed by atoms with E-state index in [0.717, 1.165) is 50.8 Å². The van der Waals surface area contributed by atoms with Crippen molar-refractivity contribution in [1.82, 2.24) is 15.2 Å². The van der Waals surface area contributed by atoms with Crippen LogP contribution < -0.4 is 5.32 Å².